The van der Waals surface area contributed by atoms with E-state index in [9.17, 15) is 5.11 Å². The van der Waals surface area contributed by atoms with Gasteiger partial charge in [0.15, 0.2) is 0 Å². The summed E-state index contributed by atoms with van der Waals surface area (Å²) in [5, 5.41) is 10.3. The van der Waals surface area contributed by atoms with Crippen LogP contribution < -0.4 is 0 Å². The average molecular weight is 236 g/mol. The van der Waals surface area contributed by atoms with Crippen molar-refractivity contribution in [3.63, 3.8) is 0 Å². The molecule has 1 aromatic heterocycles. The first-order chi connectivity index (χ1) is 7.69. The van der Waals surface area contributed by atoms with Crippen LogP contribution in [0.15, 0.2) is 6.07 Å². The van der Waals surface area contributed by atoms with Crippen LogP contribution >= 0.6 is 11.3 Å². The van der Waals surface area contributed by atoms with Gasteiger partial charge in [0.1, 0.15) is 0 Å². The first kappa shape index (κ1) is 10.8. The largest absolute Gasteiger partial charge is 0.388 e. The van der Waals surface area contributed by atoms with Crippen LogP contribution in [0.25, 0.3) is 0 Å². The van der Waals surface area contributed by atoms with Crippen molar-refractivity contribution >= 4 is 11.3 Å². The van der Waals surface area contributed by atoms with Gasteiger partial charge in [0.2, 0.25) is 0 Å². The topological polar surface area (TPSA) is 20.2 Å². The molecule has 1 aromatic rings. The van der Waals surface area contributed by atoms with Crippen LogP contribution in [0.4, 0.5) is 0 Å². The Morgan fingerprint density at radius 3 is 2.81 bits per heavy atom. The molecule has 0 aromatic carbocycles. The highest BCUT2D eigenvalue weighted by atomic mass is 32.1. The Kier molecular flexibility index (Phi) is 2.60. The van der Waals surface area contributed by atoms with E-state index in [4.69, 9.17) is 0 Å². The molecule has 1 nitrogen and oxygen atoms in total. The average Bonchev–Trinajstić information content (AvgIpc) is 2.60. The molecule has 1 heterocycles. The lowest BCUT2D eigenvalue weighted by atomic mass is 9.65. The van der Waals surface area contributed by atoms with Gasteiger partial charge in [-0.3, -0.25) is 0 Å². The maximum Gasteiger partial charge on any atom is 0.0806 e. The second kappa shape index (κ2) is 3.85. The summed E-state index contributed by atoms with van der Waals surface area (Å²) < 4.78 is 0. The van der Waals surface area contributed by atoms with Crippen LogP contribution in [0.3, 0.4) is 0 Å². The Bertz CT molecular complexity index is 387. The zero-order chi connectivity index (χ0) is 11.2. The number of aliphatic hydroxyl groups is 1. The molecule has 1 spiro atoms. The molecule has 0 amide bonds. The zero-order valence-electron chi connectivity index (χ0n) is 9.96. The molecular weight excluding hydrogens is 216 g/mol. The molecular formula is C14H20OS. The van der Waals surface area contributed by atoms with E-state index in [-0.39, 0.29) is 6.10 Å². The summed E-state index contributed by atoms with van der Waals surface area (Å²) in [6, 6.07) is 2.19. The fourth-order valence-corrected chi connectivity index (χ4v) is 4.88. The summed E-state index contributed by atoms with van der Waals surface area (Å²) >= 11 is 1.90. The van der Waals surface area contributed by atoms with Crippen molar-refractivity contribution in [3.05, 3.63) is 21.4 Å². The second-order valence-corrected chi connectivity index (χ2v) is 7.03. The third-order valence-corrected chi connectivity index (χ3v) is 5.47. The fraction of sp³-hybridized carbons (Fsp3) is 0.714. The van der Waals surface area contributed by atoms with E-state index in [2.05, 4.69) is 13.0 Å². The summed E-state index contributed by atoms with van der Waals surface area (Å²) in [5.74, 6) is 0. The molecule has 16 heavy (non-hydrogen) atoms. The van der Waals surface area contributed by atoms with Crippen LogP contribution in [-0.2, 0) is 6.42 Å². The summed E-state index contributed by atoms with van der Waals surface area (Å²) in [6.45, 7) is 2.16. The molecule has 2 heteroatoms. The lowest BCUT2D eigenvalue weighted by molar-refractivity contribution is 0.0559. The number of thiophene rings is 1. The third kappa shape index (κ3) is 1.72. The molecule has 3 rings (SSSR count). The van der Waals surface area contributed by atoms with E-state index < -0.39 is 0 Å². The van der Waals surface area contributed by atoms with Gasteiger partial charge in [-0.2, -0.15) is 0 Å². The van der Waals surface area contributed by atoms with Gasteiger partial charge in [-0.25, -0.2) is 0 Å². The molecule has 0 aliphatic heterocycles. The van der Waals surface area contributed by atoms with Gasteiger partial charge in [-0.1, -0.05) is 19.3 Å². The number of fused-ring (bicyclic) bond motifs is 1. The number of aliphatic hydroxyl groups excluding tert-OH is 1. The highest BCUT2D eigenvalue weighted by Gasteiger charge is 2.39. The Morgan fingerprint density at radius 2 is 2.06 bits per heavy atom. The van der Waals surface area contributed by atoms with Gasteiger partial charge in [-0.05, 0) is 49.7 Å². The lowest BCUT2D eigenvalue weighted by Crippen LogP contribution is -2.32. The van der Waals surface area contributed by atoms with Gasteiger partial charge in [0.05, 0.1) is 6.10 Å². The van der Waals surface area contributed by atoms with Crippen molar-refractivity contribution < 1.29 is 5.11 Å². The molecule has 88 valence electrons. The van der Waals surface area contributed by atoms with Gasteiger partial charge in [-0.15, -0.1) is 11.3 Å². The molecule has 1 atom stereocenters. The van der Waals surface area contributed by atoms with Gasteiger partial charge in [0.25, 0.3) is 0 Å². The van der Waals surface area contributed by atoms with Crippen LogP contribution in [0.2, 0.25) is 0 Å². The summed E-state index contributed by atoms with van der Waals surface area (Å²) in [5.41, 5.74) is 1.68. The van der Waals surface area contributed by atoms with Crippen LogP contribution in [0.5, 0.6) is 0 Å². The van der Waals surface area contributed by atoms with E-state index in [1.165, 1.54) is 53.8 Å². The Morgan fingerprint density at radius 1 is 1.31 bits per heavy atom. The molecule has 2 aliphatic rings. The minimum atomic E-state index is -0.188. The van der Waals surface area contributed by atoms with E-state index in [0.717, 1.165) is 6.42 Å². The highest BCUT2D eigenvalue weighted by Crippen LogP contribution is 2.51. The van der Waals surface area contributed by atoms with Crippen molar-refractivity contribution in [2.75, 3.05) is 0 Å². The standard InChI is InChI=1S/C14H20OS/c1-10-7-11-12(15)8-14(9-13(11)16-10)5-3-2-4-6-14/h7,12,15H,2-6,8-9H2,1H3. The van der Waals surface area contributed by atoms with Crippen molar-refractivity contribution in [3.8, 4) is 0 Å². The minimum Gasteiger partial charge on any atom is -0.388 e. The van der Waals surface area contributed by atoms with Crippen molar-refractivity contribution in [2.45, 2.75) is 58.0 Å². The number of hydrogen-bond acceptors (Lipinski definition) is 2. The lowest BCUT2D eigenvalue weighted by Gasteiger charge is -2.42. The molecule has 0 radical (unpaired) electrons. The van der Waals surface area contributed by atoms with Crippen LogP contribution in [0.1, 0.15) is 59.9 Å². The number of hydrogen-bond donors (Lipinski definition) is 1. The fourth-order valence-electron chi connectivity index (χ4n) is 3.62. The number of aryl methyl sites for hydroxylation is 1. The first-order valence-electron chi connectivity index (χ1n) is 6.46. The van der Waals surface area contributed by atoms with Gasteiger partial charge in [0, 0.05) is 9.75 Å². The normalized spacial score (nSPS) is 28.0. The Balaban J connectivity index is 1.93. The molecule has 2 aliphatic carbocycles. The molecule has 0 bridgehead atoms. The minimum absolute atomic E-state index is 0.188. The predicted octanol–water partition coefficient (Wildman–Crippen LogP) is 3.99. The molecule has 1 saturated carbocycles. The van der Waals surface area contributed by atoms with E-state index >= 15 is 0 Å². The van der Waals surface area contributed by atoms with Crippen molar-refractivity contribution in [2.24, 2.45) is 5.41 Å². The molecule has 0 saturated heterocycles. The quantitative estimate of drug-likeness (QED) is 0.722. The van der Waals surface area contributed by atoms with E-state index in [0.29, 0.717) is 5.41 Å². The highest BCUT2D eigenvalue weighted by molar-refractivity contribution is 7.12. The summed E-state index contributed by atoms with van der Waals surface area (Å²) in [6.07, 6.45) is 8.86. The predicted molar refractivity (Wildman–Crippen MR) is 67.9 cm³/mol. The SMILES string of the molecule is Cc1cc2c(s1)CC1(CCCCC1)CC2O. The zero-order valence-corrected chi connectivity index (χ0v) is 10.8. The van der Waals surface area contributed by atoms with Crippen molar-refractivity contribution in [1.82, 2.24) is 0 Å². The first-order valence-corrected chi connectivity index (χ1v) is 7.27. The maximum atomic E-state index is 10.3. The van der Waals surface area contributed by atoms with Crippen LogP contribution in [0, 0.1) is 12.3 Å². The number of rotatable bonds is 0. The summed E-state index contributed by atoms with van der Waals surface area (Å²) in [4.78, 5) is 2.83. The van der Waals surface area contributed by atoms with Gasteiger partial charge < -0.3 is 5.11 Å². The maximum absolute atomic E-state index is 10.3. The Labute approximate surface area is 102 Å². The molecule has 1 N–H and O–H groups in total. The van der Waals surface area contributed by atoms with Crippen LogP contribution in [-0.4, -0.2) is 5.11 Å². The summed E-state index contributed by atoms with van der Waals surface area (Å²) in [7, 11) is 0. The van der Waals surface area contributed by atoms with Crippen molar-refractivity contribution in [1.29, 1.82) is 0 Å². The van der Waals surface area contributed by atoms with Gasteiger partial charge >= 0.3 is 0 Å². The third-order valence-electron chi connectivity index (χ3n) is 4.40. The second-order valence-electron chi connectivity index (χ2n) is 5.69. The molecule has 1 unspecified atom stereocenters. The smallest absolute Gasteiger partial charge is 0.0806 e. The Hall–Kier alpha value is -0.340. The van der Waals surface area contributed by atoms with E-state index in [1.807, 2.05) is 11.3 Å². The van der Waals surface area contributed by atoms with E-state index in [1.54, 1.807) is 0 Å². The monoisotopic (exact) mass is 236 g/mol. The molecule has 1 fully saturated rings.